The van der Waals surface area contributed by atoms with Crippen molar-refractivity contribution in [3.8, 4) is 16.9 Å². The maximum atomic E-state index is 13.8. The van der Waals surface area contributed by atoms with Crippen molar-refractivity contribution in [1.29, 1.82) is 0 Å². The van der Waals surface area contributed by atoms with Gasteiger partial charge in [-0.1, -0.05) is 44.0 Å². The molecule has 0 spiro atoms. The summed E-state index contributed by atoms with van der Waals surface area (Å²) >= 11 is 0. The topological polar surface area (TPSA) is 197 Å². The number of aromatic hydroxyl groups is 1. The highest BCUT2D eigenvalue weighted by atomic mass is 31.2. The van der Waals surface area contributed by atoms with E-state index in [4.69, 9.17) is 14.8 Å². The van der Waals surface area contributed by atoms with Crippen LogP contribution in [0.3, 0.4) is 0 Å². The summed E-state index contributed by atoms with van der Waals surface area (Å²) in [6.07, 6.45) is 2.56. The van der Waals surface area contributed by atoms with Crippen LogP contribution in [0.1, 0.15) is 69.6 Å². The van der Waals surface area contributed by atoms with E-state index < -0.39 is 59.7 Å². The zero-order valence-electron chi connectivity index (χ0n) is 27.4. The summed E-state index contributed by atoms with van der Waals surface area (Å²) in [4.78, 5) is 38.5. The van der Waals surface area contributed by atoms with E-state index in [9.17, 15) is 39.4 Å². The average molecular weight is 683 g/mol. The van der Waals surface area contributed by atoms with Gasteiger partial charge in [0.2, 0.25) is 5.78 Å². The molecule has 3 atom stereocenters. The second kappa shape index (κ2) is 14.0. The first kappa shape index (κ1) is 35.5. The van der Waals surface area contributed by atoms with Gasteiger partial charge in [-0.3, -0.25) is 23.4 Å². The van der Waals surface area contributed by atoms with Crippen molar-refractivity contribution in [3.05, 3.63) is 70.0 Å². The molecule has 0 aliphatic heterocycles. The molecule has 0 aromatic heterocycles. The number of primary amides is 1. The number of amides is 1. The van der Waals surface area contributed by atoms with Crippen LogP contribution in [0, 0.1) is 11.8 Å². The Labute approximate surface area is 279 Å². The number of phenolic OH excluding ortho intramolecular Hbond substituents is 1. The Hall–Kier alpha value is -3.80. The molecule has 1 saturated carbocycles. The molecule has 0 heterocycles. The number of phenols is 1. The summed E-state index contributed by atoms with van der Waals surface area (Å²) in [6.45, 7) is 6.85. The number of unbranched alkanes of at least 4 members (excludes halogenated alkanes) is 2. The van der Waals surface area contributed by atoms with Crippen molar-refractivity contribution >= 4 is 31.0 Å². The van der Waals surface area contributed by atoms with Gasteiger partial charge < -0.3 is 26.2 Å². The molecule has 1 amide bonds. The molecule has 13 heteroatoms. The number of aliphatic hydroxyl groups excluding tert-OH is 2. The number of nitrogens with zero attached hydrogens (tertiary/aromatic N) is 1. The summed E-state index contributed by atoms with van der Waals surface area (Å²) in [5.41, 5.74) is 4.46. The average Bonchev–Trinajstić information content (AvgIpc) is 3.02. The van der Waals surface area contributed by atoms with Gasteiger partial charge in [0.1, 0.15) is 22.8 Å². The first-order valence-electron chi connectivity index (χ1n) is 16.4. The Morgan fingerprint density at radius 3 is 2.40 bits per heavy atom. The van der Waals surface area contributed by atoms with E-state index in [1.807, 2.05) is 24.3 Å². The number of hydrogen-bond acceptors (Lipinski definition) is 10. The summed E-state index contributed by atoms with van der Waals surface area (Å²) in [5.74, 6) is -6.74. The third-order valence-electron chi connectivity index (χ3n) is 9.50. The first-order valence-corrected chi connectivity index (χ1v) is 17.9. The number of rotatable bonds is 13. The van der Waals surface area contributed by atoms with Gasteiger partial charge in [0, 0.05) is 31.0 Å². The molecule has 0 bridgehead atoms. The molecule has 2 aromatic carbocycles. The van der Waals surface area contributed by atoms with Crippen LogP contribution in [0.4, 0.5) is 0 Å². The Morgan fingerprint density at radius 2 is 1.75 bits per heavy atom. The lowest BCUT2D eigenvalue weighted by Gasteiger charge is -2.46. The summed E-state index contributed by atoms with van der Waals surface area (Å²) in [5, 5.41) is 44.8. The van der Waals surface area contributed by atoms with Gasteiger partial charge in [-0.15, -0.1) is 0 Å². The van der Waals surface area contributed by atoms with Gasteiger partial charge in [0.25, 0.3) is 5.91 Å². The predicted octanol–water partition coefficient (Wildman–Crippen LogP) is 5.26. The smallest absolute Gasteiger partial charge is 0.408 e. The number of nitrogens with two attached hydrogens (primary N) is 1. The minimum Gasteiger partial charge on any atom is -0.508 e. The first-order chi connectivity index (χ1) is 22.8. The number of benzene rings is 2. The summed E-state index contributed by atoms with van der Waals surface area (Å²) < 4.78 is 26.9. The molecule has 48 heavy (non-hydrogen) atoms. The fourth-order valence-corrected chi connectivity index (χ4v) is 9.08. The quantitative estimate of drug-likeness (QED) is 0.105. The Balaban J connectivity index is 1.55. The molecule has 0 radical (unpaired) electrons. The van der Waals surface area contributed by atoms with Gasteiger partial charge in [0.15, 0.2) is 11.4 Å². The van der Waals surface area contributed by atoms with Gasteiger partial charge in [-0.25, -0.2) is 9.24 Å². The number of ketones is 2. The van der Waals surface area contributed by atoms with Crippen LogP contribution in [0.2, 0.25) is 0 Å². The molecule has 0 saturated heterocycles. The monoisotopic (exact) mass is 682 g/mol. The maximum Gasteiger partial charge on any atom is 0.408 e. The van der Waals surface area contributed by atoms with Crippen molar-refractivity contribution in [2.24, 2.45) is 17.6 Å². The van der Waals surface area contributed by atoms with E-state index >= 15 is 0 Å². The second-order valence-corrected chi connectivity index (χ2v) is 14.5. The predicted molar refractivity (Wildman–Crippen MR) is 178 cm³/mol. The fourth-order valence-electron chi connectivity index (χ4n) is 7.30. The molecule has 258 valence electrons. The third kappa shape index (κ3) is 6.12. The minimum absolute atomic E-state index is 0.0171. The minimum atomic E-state index is -3.58. The Kier molecular flexibility index (Phi) is 10.3. The normalized spacial score (nSPS) is 22.5. The summed E-state index contributed by atoms with van der Waals surface area (Å²) in [7, 11) is -3.58. The maximum absolute atomic E-state index is 13.8. The molecule has 0 unspecified atom stereocenters. The van der Waals surface area contributed by atoms with Crippen molar-refractivity contribution in [1.82, 2.24) is 4.67 Å². The third-order valence-corrected chi connectivity index (χ3v) is 11.7. The SMILES string of the molecule is CCCCCN(Cc1cccc(-c2ccc(O)c3c2C[C@H]2C[C@H]4CC(=O)C(C(N)=O)=C(O)[C@@]4(O)C(=O)C2=C3O)c1)P(=O)(OCC)OCC. The lowest BCUT2D eigenvalue weighted by molar-refractivity contribution is -0.147. The molecule has 3 aliphatic rings. The highest BCUT2D eigenvalue weighted by Gasteiger charge is 2.60. The molecular formula is C35H43N2O10P. The zero-order valence-corrected chi connectivity index (χ0v) is 28.3. The molecule has 3 aliphatic carbocycles. The van der Waals surface area contributed by atoms with E-state index in [2.05, 4.69) is 6.92 Å². The molecule has 6 N–H and O–H groups in total. The molecule has 2 aromatic rings. The van der Waals surface area contributed by atoms with Crippen LogP contribution in [-0.2, 0) is 41.0 Å². The number of aliphatic hydroxyl groups is 3. The van der Waals surface area contributed by atoms with E-state index in [0.29, 0.717) is 17.7 Å². The number of carbonyl (C=O) groups excluding carboxylic acids is 3. The number of carbonyl (C=O) groups is 3. The molecule has 1 fully saturated rings. The van der Waals surface area contributed by atoms with Crippen LogP contribution in [0.5, 0.6) is 5.75 Å². The van der Waals surface area contributed by atoms with Gasteiger partial charge in [-0.05, 0) is 73.4 Å². The highest BCUT2D eigenvalue weighted by Crippen LogP contribution is 2.54. The lowest BCUT2D eigenvalue weighted by atomic mass is 9.59. The van der Waals surface area contributed by atoms with Crippen LogP contribution < -0.4 is 5.73 Å². The van der Waals surface area contributed by atoms with Crippen molar-refractivity contribution in [2.45, 2.75) is 71.4 Å². The van der Waals surface area contributed by atoms with Gasteiger partial charge in [0.05, 0.1) is 18.8 Å². The van der Waals surface area contributed by atoms with E-state index in [1.54, 1.807) is 24.6 Å². The van der Waals surface area contributed by atoms with Crippen LogP contribution >= 0.6 is 7.75 Å². The van der Waals surface area contributed by atoms with Crippen LogP contribution in [0.25, 0.3) is 16.9 Å². The van der Waals surface area contributed by atoms with E-state index in [0.717, 1.165) is 30.4 Å². The molecule has 5 rings (SSSR count). The molecular weight excluding hydrogens is 639 g/mol. The van der Waals surface area contributed by atoms with Crippen molar-refractivity contribution < 1.29 is 48.4 Å². The standard InChI is InChI=1S/C35H43N2O10P/c1-4-7-8-14-37(48(45,46-5-2)47-6-3)19-20-10-9-11-21(15-20)24-12-13-26(38)29-25(24)17-22-16-23-18-27(39)30(34(36)43)33(42)35(23,44)32(41)28(22)31(29)40/h9-13,15,22-23,38,40,42,44H,4-8,14,16-19H2,1-3H3,(H2,36,43)/t22-,23+,35+/m1/s1. The van der Waals surface area contributed by atoms with Gasteiger partial charge in [-0.2, -0.15) is 0 Å². The Morgan fingerprint density at radius 1 is 1.04 bits per heavy atom. The zero-order chi connectivity index (χ0) is 35.0. The Bertz CT molecular complexity index is 1740. The summed E-state index contributed by atoms with van der Waals surface area (Å²) in [6, 6.07) is 10.7. The van der Waals surface area contributed by atoms with E-state index in [-0.39, 0.29) is 55.9 Å². The van der Waals surface area contributed by atoms with Crippen molar-refractivity contribution in [2.75, 3.05) is 19.8 Å². The van der Waals surface area contributed by atoms with Crippen LogP contribution in [0.15, 0.2) is 53.3 Å². The number of Topliss-reactive ketones (excluding diaryl/α,β-unsaturated/α-hetero) is 2. The highest BCUT2D eigenvalue weighted by molar-refractivity contribution is 7.51. The largest absolute Gasteiger partial charge is 0.508 e. The number of hydrogen-bond donors (Lipinski definition) is 5. The van der Waals surface area contributed by atoms with Crippen LogP contribution in [-0.4, -0.2) is 67.9 Å². The lowest BCUT2D eigenvalue weighted by Crippen LogP contribution is -2.58. The number of fused-ring (bicyclic) bond motifs is 3. The fraction of sp³-hybridized carbons (Fsp3) is 0.457. The van der Waals surface area contributed by atoms with Crippen molar-refractivity contribution in [3.63, 3.8) is 0 Å². The van der Waals surface area contributed by atoms with E-state index in [1.165, 1.54) is 6.07 Å². The van der Waals surface area contributed by atoms with Gasteiger partial charge >= 0.3 is 7.75 Å². The second-order valence-electron chi connectivity index (χ2n) is 12.5. The molecule has 12 nitrogen and oxygen atoms in total.